The summed E-state index contributed by atoms with van der Waals surface area (Å²) in [6, 6.07) is 13.1. The number of hydrogen-bond donors (Lipinski definition) is 0. The van der Waals surface area contributed by atoms with E-state index >= 15 is 0 Å². The zero-order chi connectivity index (χ0) is 13.9. The summed E-state index contributed by atoms with van der Waals surface area (Å²) >= 11 is 9.02. The lowest BCUT2D eigenvalue weighted by molar-refractivity contribution is 0.308. The highest BCUT2D eigenvalue weighted by molar-refractivity contribution is 9.10. The van der Waals surface area contributed by atoms with Gasteiger partial charge < -0.3 is 0 Å². The van der Waals surface area contributed by atoms with Crippen LogP contribution in [0.2, 0.25) is 5.02 Å². The Labute approximate surface area is 125 Å². The van der Waals surface area contributed by atoms with Crippen molar-refractivity contribution < 1.29 is 12.6 Å². The van der Waals surface area contributed by atoms with E-state index in [0.29, 0.717) is 5.02 Å². The standard InChI is InChI=1S/C13H10BrClO3S/c14-11-3-1-10(2-4-11)9-18-19(16,17)13-7-5-12(15)6-8-13/h1-8H,9H2. The van der Waals surface area contributed by atoms with Crippen molar-refractivity contribution in [1.29, 1.82) is 0 Å². The molecular formula is C13H10BrClO3S. The molecule has 0 radical (unpaired) electrons. The molecule has 0 atom stereocenters. The van der Waals surface area contributed by atoms with Gasteiger partial charge in [0.1, 0.15) is 0 Å². The number of halogens is 2. The monoisotopic (exact) mass is 360 g/mol. The minimum atomic E-state index is -3.76. The molecule has 0 fully saturated rings. The molecule has 0 aliphatic heterocycles. The Morgan fingerprint density at radius 2 is 1.58 bits per heavy atom. The van der Waals surface area contributed by atoms with Gasteiger partial charge in [0.05, 0.1) is 11.5 Å². The summed E-state index contributed by atoms with van der Waals surface area (Å²) in [5.41, 5.74) is 0.778. The van der Waals surface area contributed by atoms with Crippen molar-refractivity contribution in [1.82, 2.24) is 0 Å². The normalized spacial score (nSPS) is 11.5. The molecule has 0 N–H and O–H groups in total. The van der Waals surface area contributed by atoms with Crippen molar-refractivity contribution in [3.63, 3.8) is 0 Å². The molecule has 0 bridgehead atoms. The van der Waals surface area contributed by atoms with Crippen LogP contribution >= 0.6 is 27.5 Å². The van der Waals surface area contributed by atoms with E-state index in [4.69, 9.17) is 15.8 Å². The van der Waals surface area contributed by atoms with E-state index in [1.54, 1.807) is 12.1 Å². The Balaban J connectivity index is 2.09. The quantitative estimate of drug-likeness (QED) is 0.773. The summed E-state index contributed by atoms with van der Waals surface area (Å²) in [5, 5.41) is 0.479. The topological polar surface area (TPSA) is 43.4 Å². The van der Waals surface area contributed by atoms with E-state index in [0.717, 1.165) is 10.0 Å². The highest BCUT2D eigenvalue weighted by Gasteiger charge is 2.14. The van der Waals surface area contributed by atoms with Crippen LogP contribution in [0.15, 0.2) is 57.9 Å². The van der Waals surface area contributed by atoms with Gasteiger partial charge in [0, 0.05) is 9.50 Å². The first-order valence-corrected chi connectivity index (χ1v) is 7.95. The van der Waals surface area contributed by atoms with Gasteiger partial charge in [-0.15, -0.1) is 0 Å². The fourth-order valence-electron chi connectivity index (χ4n) is 1.40. The largest absolute Gasteiger partial charge is 0.297 e. The zero-order valence-electron chi connectivity index (χ0n) is 9.71. The Morgan fingerprint density at radius 3 is 2.16 bits per heavy atom. The molecule has 0 saturated heterocycles. The van der Waals surface area contributed by atoms with Crippen molar-refractivity contribution in [3.8, 4) is 0 Å². The van der Waals surface area contributed by atoms with Crippen LogP contribution in [0.25, 0.3) is 0 Å². The van der Waals surface area contributed by atoms with Crippen LogP contribution in [0.4, 0.5) is 0 Å². The van der Waals surface area contributed by atoms with E-state index in [1.165, 1.54) is 24.3 Å². The predicted octanol–water partition coefficient (Wildman–Crippen LogP) is 4.01. The molecule has 2 rings (SSSR count). The second kappa shape index (κ2) is 6.05. The van der Waals surface area contributed by atoms with Gasteiger partial charge in [-0.3, -0.25) is 4.18 Å². The molecule has 19 heavy (non-hydrogen) atoms. The summed E-state index contributed by atoms with van der Waals surface area (Å²) < 4.78 is 29.7. The SMILES string of the molecule is O=S(=O)(OCc1ccc(Br)cc1)c1ccc(Cl)cc1. The highest BCUT2D eigenvalue weighted by atomic mass is 79.9. The Kier molecular flexibility index (Phi) is 4.62. The molecule has 0 unspecified atom stereocenters. The van der Waals surface area contributed by atoms with E-state index in [2.05, 4.69) is 15.9 Å². The van der Waals surface area contributed by atoms with Crippen molar-refractivity contribution >= 4 is 37.6 Å². The van der Waals surface area contributed by atoms with Gasteiger partial charge >= 0.3 is 0 Å². The van der Waals surface area contributed by atoms with Crippen molar-refractivity contribution in [3.05, 3.63) is 63.6 Å². The summed E-state index contributed by atoms with van der Waals surface area (Å²) in [6.07, 6.45) is 0. The second-order valence-electron chi connectivity index (χ2n) is 3.80. The van der Waals surface area contributed by atoms with Gasteiger partial charge in [-0.05, 0) is 42.0 Å². The van der Waals surface area contributed by atoms with Crippen LogP contribution in [0.1, 0.15) is 5.56 Å². The average Bonchev–Trinajstić information content (AvgIpc) is 2.39. The van der Waals surface area contributed by atoms with Crippen LogP contribution in [0, 0.1) is 0 Å². The fraction of sp³-hybridized carbons (Fsp3) is 0.0769. The Bertz CT molecular complexity index is 651. The van der Waals surface area contributed by atoms with Crippen LogP contribution in [-0.4, -0.2) is 8.42 Å². The number of rotatable bonds is 4. The van der Waals surface area contributed by atoms with Crippen molar-refractivity contribution in [2.24, 2.45) is 0 Å². The van der Waals surface area contributed by atoms with Crippen LogP contribution < -0.4 is 0 Å². The lowest BCUT2D eigenvalue weighted by Crippen LogP contribution is -2.06. The molecule has 0 aromatic heterocycles. The van der Waals surface area contributed by atoms with Crippen LogP contribution in [-0.2, 0) is 20.9 Å². The molecular weight excluding hydrogens is 352 g/mol. The predicted molar refractivity (Wildman–Crippen MR) is 77.6 cm³/mol. The molecule has 100 valence electrons. The summed E-state index contributed by atoms with van der Waals surface area (Å²) in [6.45, 7) is -0.00175. The summed E-state index contributed by atoms with van der Waals surface area (Å²) in [7, 11) is -3.76. The first kappa shape index (κ1) is 14.5. The van der Waals surface area contributed by atoms with E-state index in [9.17, 15) is 8.42 Å². The van der Waals surface area contributed by atoms with Gasteiger partial charge in [0.2, 0.25) is 0 Å². The minimum absolute atomic E-state index is 0.00175. The molecule has 0 heterocycles. The third kappa shape index (κ3) is 4.04. The first-order valence-electron chi connectivity index (χ1n) is 5.37. The molecule has 3 nitrogen and oxygen atoms in total. The van der Waals surface area contributed by atoms with E-state index in [1.807, 2.05) is 12.1 Å². The maximum Gasteiger partial charge on any atom is 0.297 e. The van der Waals surface area contributed by atoms with Crippen LogP contribution in [0.5, 0.6) is 0 Å². The average molecular weight is 362 g/mol. The zero-order valence-corrected chi connectivity index (χ0v) is 12.9. The molecule has 0 aliphatic rings. The third-order valence-corrected chi connectivity index (χ3v) is 4.45. The van der Waals surface area contributed by atoms with Gasteiger partial charge in [-0.25, -0.2) is 0 Å². The first-order chi connectivity index (χ1) is 8.97. The minimum Gasteiger partial charge on any atom is -0.262 e. The Hall–Kier alpha value is -0.880. The van der Waals surface area contributed by atoms with E-state index in [-0.39, 0.29) is 11.5 Å². The molecule has 0 aliphatic carbocycles. The maximum absolute atomic E-state index is 11.9. The number of benzene rings is 2. The molecule has 0 amide bonds. The van der Waals surface area contributed by atoms with Crippen molar-refractivity contribution in [2.45, 2.75) is 11.5 Å². The van der Waals surface area contributed by atoms with Gasteiger partial charge in [0.25, 0.3) is 10.1 Å². The summed E-state index contributed by atoms with van der Waals surface area (Å²) in [4.78, 5) is 0.0917. The third-order valence-electron chi connectivity index (χ3n) is 2.40. The van der Waals surface area contributed by atoms with Gasteiger partial charge in [-0.1, -0.05) is 39.7 Å². The lowest BCUT2D eigenvalue weighted by atomic mass is 10.2. The van der Waals surface area contributed by atoms with Crippen LogP contribution in [0.3, 0.4) is 0 Å². The summed E-state index contributed by atoms with van der Waals surface area (Å²) in [5.74, 6) is 0. The van der Waals surface area contributed by atoms with Gasteiger partial charge in [0.15, 0.2) is 0 Å². The Morgan fingerprint density at radius 1 is 1.00 bits per heavy atom. The second-order valence-corrected chi connectivity index (χ2v) is 6.76. The molecule has 0 spiro atoms. The smallest absolute Gasteiger partial charge is 0.262 e. The molecule has 6 heteroatoms. The van der Waals surface area contributed by atoms with Crippen molar-refractivity contribution in [2.75, 3.05) is 0 Å². The highest BCUT2D eigenvalue weighted by Crippen LogP contribution is 2.18. The maximum atomic E-state index is 11.9. The number of hydrogen-bond acceptors (Lipinski definition) is 3. The molecule has 2 aromatic rings. The molecule has 2 aromatic carbocycles. The fourth-order valence-corrected chi connectivity index (χ4v) is 2.68. The lowest BCUT2D eigenvalue weighted by Gasteiger charge is -2.06. The van der Waals surface area contributed by atoms with Gasteiger partial charge in [-0.2, -0.15) is 8.42 Å². The van der Waals surface area contributed by atoms with E-state index < -0.39 is 10.1 Å². The molecule has 0 saturated carbocycles.